The minimum Gasteiger partial charge on any atom is -0.384 e. The van der Waals surface area contributed by atoms with Gasteiger partial charge in [0.1, 0.15) is 10.4 Å². The first-order valence-corrected chi connectivity index (χ1v) is 8.49. The second-order valence-corrected chi connectivity index (χ2v) is 7.35. The Labute approximate surface area is 145 Å². The minimum absolute atomic E-state index is 0.0953. The topological polar surface area (TPSA) is 63.4 Å². The molecule has 1 aromatic carbocycles. The van der Waals surface area contributed by atoms with Crippen LogP contribution in [0, 0.1) is 10.1 Å². The van der Waals surface area contributed by atoms with Crippen LogP contribution in [0.25, 0.3) is 0 Å². The van der Waals surface area contributed by atoms with Gasteiger partial charge in [0, 0.05) is 11.8 Å². The van der Waals surface area contributed by atoms with Gasteiger partial charge in [0.15, 0.2) is 0 Å². The van der Waals surface area contributed by atoms with Crippen LogP contribution in [0.3, 0.4) is 0 Å². The van der Waals surface area contributed by atoms with Gasteiger partial charge in [-0.3, -0.25) is 10.1 Å². The fraction of sp³-hybridized carbons (Fsp3) is 0.400. The normalized spacial score (nSPS) is 14.5. The molecule has 0 radical (unpaired) electrons. The summed E-state index contributed by atoms with van der Waals surface area (Å²) in [4.78, 5) is 9.61. The van der Waals surface area contributed by atoms with Gasteiger partial charge in [-0.15, -0.1) is 23.2 Å². The van der Waals surface area contributed by atoms with Gasteiger partial charge in [0.05, 0.1) is 13.9 Å². The number of hydrogen-bond donors (Lipinski definition) is 1. The fourth-order valence-electron chi connectivity index (χ4n) is 1.51. The maximum Gasteiger partial charge on any atom is 0.297 e. The summed E-state index contributed by atoms with van der Waals surface area (Å²) in [6.45, 7) is 0. The van der Waals surface area contributed by atoms with E-state index in [-0.39, 0.29) is 26.4 Å². The molecule has 0 spiro atoms. The third-order valence-electron chi connectivity index (χ3n) is 2.45. The number of benzene rings is 1. The second-order valence-electron chi connectivity index (χ2n) is 3.81. The molecule has 9 heteroatoms. The van der Waals surface area contributed by atoms with Gasteiger partial charge in [-0.1, -0.05) is 15.9 Å². The van der Waals surface area contributed by atoms with Crippen molar-refractivity contribution in [2.75, 3.05) is 5.33 Å². The number of nitrogens with zero attached hydrogens (tertiary/aromatic N) is 1. The predicted octanol–water partition coefficient (Wildman–Crippen LogP) is 4.90. The summed E-state index contributed by atoms with van der Waals surface area (Å²) in [7, 11) is 0. The van der Waals surface area contributed by atoms with E-state index in [0.717, 1.165) is 0 Å². The molecule has 1 rings (SSSR count). The molecule has 1 N–H and O–H groups in total. The predicted molar refractivity (Wildman–Crippen MR) is 86.3 cm³/mol. The Bertz CT molecular complexity index is 478. The highest BCUT2D eigenvalue weighted by Gasteiger charge is 2.33. The van der Waals surface area contributed by atoms with E-state index in [1.165, 1.54) is 12.1 Å². The van der Waals surface area contributed by atoms with Crippen LogP contribution in [0.1, 0.15) is 12.0 Å². The monoisotopic (exact) mass is 497 g/mol. The molecular weight excluding hydrogens is 493 g/mol. The molecule has 0 saturated heterocycles. The van der Waals surface area contributed by atoms with E-state index in [2.05, 4.69) is 47.8 Å². The molecule has 1 atom stereocenters. The van der Waals surface area contributed by atoms with Crippen LogP contribution < -0.4 is 0 Å². The van der Waals surface area contributed by atoms with Crippen LogP contribution in [-0.2, 0) is 5.60 Å². The van der Waals surface area contributed by atoms with E-state index < -0.39 is 15.4 Å². The molecule has 0 saturated carbocycles. The molecule has 0 aromatic heterocycles. The molecule has 0 bridgehead atoms. The van der Waals surface area contributed by atoms with Gasteiger partial charge < -0.3 is 5.11 Å². The van der Waals surface area contributed by atoms with E-state index in [1.54, 1.807) is 0 Å². The molecular formula is C10H8Br3Cl2NO3. The standard InChI is InChI=1S/C10H8Br3Cl2NO3/c11-4-10(17,3-8(14)15)5-1-6(12)9(16(18)19)7(13)2-5/h1-2,8,17H,3-4H2. The van der Waals surface area contributed by atoms with Crippen molar-refractivity contribution in [1.82, 2.24) is 0 Å². The summed E-state index contributed by atoms with van der Waals surface area (Å²) in [6.07, 6.45) is 0.0953. The van der Waals surface area contributed by atoms with Gasteiger partial charge in [0.2, 0.25) is 0 Å². The van der Waals surface area contributed by atoms with Crippen LogP contribution in [0.2, 0.25) is 0 Å². The van der Waals surface area contributed by atoms with Crippen molar-refractivity contribution in [3.63, 3.8) is 0 Å². The Morgan fingerprint density at radius 3 is 2.16 bits per heavy atom. The third-order valence-corrected chi connectivity index (χ3v) is 4.90. The average Bonchev–Trinajstić information content (AvgIpc) is 2.26. The zero-order valence-electron chi connectivity index (χ0n) is 9.25. The van der Waals surface area contributed by atoms with Crippen LogP contribution in [0.5, 0.6) is 0 Å². The first-order chi connectivity index (χ1) is 8.71. The maximum atomic E-state index is 10.9. The van der Waals surface area contributed by atoms with Crippen molar-refractivity contribution >= 4 is 76.7 Å². The maximum absolute atomic E-state index is 10.9. The summed E-state index contributed by atoms with van der Waals surface area (Å²) in [6, 6.07) is 2.97. The van der Waals surface area contributed by atoms with Crippen LogP contribution in [0.15, 0.2) is 21.1 Å². The van der Waals surface area contributed by atoms with Crippen LogP contribution in [-0.4, -0.2) is 20.2 Å². The van der Waals surface area contributed by atoms with Crippen molar-refractivity contribution in [3.8, 4) is 0 Å². The Morgan fingerprint density at radius 1 is 1.37 bits per heavy atom. The molecule has 0 amide bonds. The third kappa shape index (κ3) is 4.28. The van der Waals surface area contributed by atoms with Gasteiger partial charge in [-0.2, -0.15) is 0 Å². The lowest BCUT2D eigenvalue weighted by atomic mass is 9.93. The quantitative estimate of drug-likeness (QED) is 0.355. The van der Waals surface area contributed by atoms with Gasteiger partial charge in [0.25, 0.3) is 5.69 Å². The Morgan fingerprint density at radius 2 is 1.84 bits per heavy atom. The molecule has 4 nitrogen and oxygen atoms in total. The van der Waals surface area contributed by atoms with Crippen molar-refractivity contribution in [3.05, 3.63) is 36.8 Å². The molecule has 0 fully saturated rings. The lowest BCUT2D eigenvalue weighted by Gasteiger charge is -2.27. The van der Waals surface area contributed by atoms with Crippen molar-refractivity contribution < 1.29 is 10.0 Å². The molecule has 0 aliphatic rings. The summed E-state index contributed by atoms with van der Waals surface area (Å²) in [5.41, 5.74) is -0.942. The molecule has 1 aromatic rings. The zero-order valence-corrected chi connectivity index (χ0v) is 15.5. The zero-order chi connectivity index (χ0) is 14.8. The van der Waals surface area contributed by atoms with Crippen LogP contribution >= 0.6 is 71.0 Å². The van der Waals surface area contributed by atoms with E-state index in [1.807, 2.05) is 0 Å². The van der Waals surface area contributed by atoms with Gasteiger partial charge in [-0.05, 0) is 49.6 Å². The molecule has 0 aliphatic heterocycles. The van der Waals surface area contributed by atoms with Gasteiger partial charge >= 0.3 is 0 Å². The summed E-state index contributed by atoms with van der Waals surface area (Å²) < 4.78 is 0.531. The van der Waals surface area contributed by atoms with E-state index in [9.17, 15) is 15.2 Å². The number of nitro benzene ring substituents is 1. The highest BCUT2D eigenvalue weighted by Crippen LogP contribution is 2.40. The minimum atomic E-state index is -1.31. The van der Waals surface area contributed by atoms with E-state index >= 15 is 0 Å². The number of aliphatic hydroxyl groups is 1. The first kappa shape index (κ1) is 17.7. The number of hydrogen-bond acceptors (Lipinski definition) is 3. The Kier molecular flexibility index (Phi) is 6.54. The number of halogens is 5. The lowest BCUT2D eigenvalue weighted by Crippen LogP contribution is -2.30. The van der Waals surface area contributed by atoms with Crippen LogP contribution in [0.4, 0.5) is 5.69 Å². The number of alkyl halides is 3. The fourth-order valence-corrected chi connectivity index (χ4v) is 4.05. The number of nitro groups is 1. The lowest BCUT2D eigenvalue weighted by molar-refractivity contribution is -0.386. The van der Waals surface area contributed by atoms with Crippen molar-refractivity contribution in [2.24, 2.45) is 0 Å². The second kappa shape index (κ2) is 7.04. The first-order valence-electron chi connectivity index (χ1n) is 4.91. The van der Waals surface area contributed by atoms with Crippen molar-refractivity contribution in [1.29, 1.82) is 0 Å². The highest BCUT2D eigenvalue weighted by molar-refractivity contribution is 9.11. The summed E-state index contributed by atoms with van der Waals surface area (Å²) in [5.74, 6) is 0. The Hall–Kier alpha value is 0.600. The highest BCUT2D eigenvalue weighted by atomic mass is 79.9. The Balaban J connectivity index is 3.32. The molecule has 19 heavy (non-hydrogen) atoms. The SMILES string of the molecule is O=[N+]([O-])c1c(Br)cc(C(O)(CBr)CC(Cl)Cl)cc1Br. The molecule has 106 valence electrons. The largest absolute Gasteiger partial charge is 0.384 e. The summed E-state index contributed by atoms with van der Waals surface area (Å²) >= 11 is 20.9. The summed E-state index contributed by atoms with van der Waals surface area (Å²) in [5, 5.41) is 21.6. The average molecular weight is 501 g/mol. The molecule has 0 heterocycles. The smallest absolute Gasteiger partial charge is 0.297 e. The van der Waals surface area contributed by atoms with E-state index in [0.29, 0.717) is 5.56 Å². The number of rotatable bonds is 5. The van der Waals surface area contributed by atoms with E-state index in [4.69, 9.17) is 23.2 Å². The van der Waals surface area contributed by atoms with Gasteiger partial charge in [-0.25, -0.2) is 0 Å². The van der Waals surface area contributed by atoms with Crippen molar-refractivity contribution in [2.45, 2.75) is 16.9 Å². The molecule has 0 aliphatic carbocycles. The molecule has 1 unspecified atom stereocenters.